The Morgan fingerprint density at radius 2 is 1.86 bits per heavy atom. The van der Waals surface area contributed by atoms with Crippen LogP contribution in [-0.2, 0) is 14.3 Å². The van der Waals surface area contributed by atoms with Crippen molar-refractivity contribution in [3.05, 3.63) is 0 Å². The van der Waals surface area contributed by atoms with Crippen LogP contribution in [0.2, 0.25) is 0 Å². The SMILES string of the molecule is CCOC(=O)C(C(=O)N1CCC2CCCCC21)C(C)(C)C. The quantitative estimate of drug-likeness (QED) is 0.594. The Kier molecular flexibility index (Phi) is 4.95. The number of nitrogens with zero attached hydrogens (tertiary/aromatic N) is 1. The molecule has 2 fully saturated rings. The Bertz CT molecular complexity index is 399. The van der Waals surface area contributed by atoms with Crippen LogP contribution in [0.5, 0.6) is 0 Å². The second-order valence-electron chi connectivity index (χ2n) is 7.48. The maximum atomic E-state index is 13.0. The number of esters is 1. The van der Waals surface area contributed by atoms with E-state index in [4.69, 9.17) is 4.74 Å². The Morgan fingerprint density at radius 1 is 1.19 bits per heavy atom. The van der Waals surface area contributed by atoms with Gasteiger partial charge in [0.05, 0.1) is 6.61 Å². The molecule has 1 aliphatic carbocycles. The van der Waals surface area contributed by atoms with Gasteiger partial charge in [-0.3, -0.25) is 9.59 Å². The summed E-state index contributed by atoms with van der Waals surface area (Å²) in [6.07, 6.45) is 5.90. The molecule has 2 aliphatic rings. The van der Waals surface area contributed by atoms with Crippen LogP contribution >= 0.6 is 0 Å². The fraction of sp³-hybridized carbons (Fsp3) is 0.882. The van der Waals surface area contributed by atoms with Gasteiger partial charge < -0.3 is 9.64 Å². The van der Waals surface area contributed by atoms with E-state index in [2.05, 4.69) is 0 Å². The van der Waals surface area contributed by atoms with E-state index in [1.807, 2.05) is 25.7 Å². The smallest absolute Gasteiger partial charge is 0.319 e. The van der Waals surface area contributed by atoms with Crippen molar-refractivity contribution < 1.29 is 14.3 Å². The van der Waals surface area contributed by atoms with E-state index in [1.165, 1.54) is 19.3 Å². The second-order valence-corrected chi connectivity index (χ2v) is 7.48. The molecular weight excluding hydrogens is 266 g/mol. The highest BCUT2D eigenvalue weighted by Gasteiger charge is 2.46. The number of rotatable bonds is 3. The first-order chi connectivity index (χ1) is 9.86. The minimum Gasteiger partial charge on any atom is -0.465 e. The van der Waals surface area contributed by atoms with Crippen LogP contribution in [0.3, 0.4) is 0 Å². The van der Waals surface area contributed by atoms with Gasteiger partial charge in [-0.2, -0.15) is 0 Å². The third-order valence-corrected chi connectivity index (χ3v) is 4.93. The summed E-state index contributed by atoms with van der Waals surface area (Å²) in [5, 5.41) is 0. The van der Waals surface area contributed by atoms with Crippen molar-refractivity contribution in [3.8, 4) is 0 Å². The molecular formula is C17H29NO3. The highest BCUT2D eigenvalue weighted by molar-refractivity contribution is 5.98. The number of hydrogen-bond acceptors (Lipinski definition) is 3. The van der Waals surface area contributed by atoms with E-state index in [0.29, 0.717) is 18.6 Å². The van der Waals surface area contributed by atoms with Gasteiger partial charge in [0, 0.05) is 12.6 Å². The molecule has 0 bridgehead atoms. The van der Waals surface area contributed by atoms with Crippen LogP contribution in [0.25, 0.3) is 0 Å². The summed E-state index contributed by atoms with van der Waals surface area (Å²) in [6.45, 7) is 8.75. The lowest BCUT2D eigenvalue weighted by Crippen LogP contribution is -2.48. The molecule has 0 aromatic rings. The van der Waals surface area contributed by atoms with Gasteiger partial charge in [0.15, 0.2) is 0 Å². The maximum absolute atomic E-state index is 13.0. The summed E-state index contributed by atoms with van der Waals surface area (Å²) >= 11 is 0. The summed E-state index contributed by atoms with van der Waals surface area (Å²) in [4.78, 5) is 27.2. The molecule has 0 N–H and O–H groups in total. The van der Waals surface area contributed by atoms with Crippen molar-refractivity contribution in [2.45, 2.75) is 65.8 Å². The van der Waals surface area contributed by atoms with Crippen LogP contribution in [0.4, 0.5) is 0 Å². The molecule has 0 aromatic heterocycles. The summed E-state index contributed by atoms with van der Waals surface area (Å²) in [5.41, 5.74) is -0.407. The molecule has 4 heteroatoms. The molecule has 1 aliphatic heterocycles. The predicted molar refractivity (Wildman–Crippen MR) is 81.7 cm³/mol. The first-order valence-electron chi connectivity index (χ1n) is 8.33. The number of likely N-dealkylation sites (tertiary alicyclic amines) is 1. The largest absolute Gasteiger partial charge is 0.465 e. The lowest BCUT2D eigenvalue weighted by molar-refractivity contribution is -0.161. The molecule has 21 heavy (non-hydrogen) atoms. The third kappa shape index (κ3) is 3.41. The zero-order valence-electron chi connectivity index (χ0n) is 13.9. The van der Waals surface area contributed by atoms with Gasteiger partial charge in [-0.25, -0.2) is 0 Å². The highest BCUT2D eigenvalue weighted by atomic mass is 16.5. The average Bonchev–Trinajstić information content (AvgIpc) is 2.81. The number of carbonyl (C=O) groups is 2. The molecule has 3 atom stereocenters. The fourth-order valence-corrected chi connectivity index (χ4v) is 3.90. The van der Waals surface area contributed by atoms with E-state index in [1.54, 1.807) is 6.92 Å². The number of fused-ring (bicyclic) bond motifs is 1. The molecule has 120 valence electrons. The van der Waals surface area contributed by atoms with Crippen LogP contribution in [0.15, 0.2) is 0 Å². The predicted octanol–water partition coefficient (Wildman–Crippen LogP) is 3.00. The maximum Gasteiger partial charge on any atom is 0.319 e. The molecule has 0 radical (unpaired) electrons. The minimum absolute atomic E-state index is 0.0182. The number of carbonyl (C=O) groups excluding carboxylic acids is 2. The summed E-state index contributed by atoms with van der Waals surface area (Å²) in [6, 6.07) is 0.352. The van der Waals surface area contributed by atoms with E-state index >= 15 is 0 Å². The van der Waals surface area contributed by atoms with Gasteiger partial charge in [-0.15, -0.1) is 0 Å². The highest BCUT2D eigenvalue weighted by Crippen LogP contribution is 2.39. The van der Waals surface area contributed by atoms with Crippen molar-refractivity contribution >= 4 is 11.9 Å². The standard InChI is InChI=1S/C17H29NO3/c1-5-21-16(20)14(17(2,3)4)15(19)18-11-10-12-8-6-7-9-13(12)18/h12-14H,5-11H2,1-4H3. The number of ether oxygens (including phenoxy) is 1. The average molecular weight is 295 g/mol. The minimum atomic E-state index is -0.682. The van der Waals surface area contributed by atoms with Crippen LogP contribution < -0.4 is 0 Å². The number of amides is 1. The zero-order chi connectivity index (χ0) is 15.6. The van der Waals surface area contributed by atoms with Gasteiger partial charge in [-0.05, 0) is 37.5 Å². The molecule has 4 nitrogen and oxygen atoms in total. The number of hydrogen-bond donors (Lipinski definition) is 0. The monoisotopic (exact) mass is 295 g/mol. The van der Waals surface area contributed by atoms with E-state index in [0.717, 1.165) is 19.4 Å². The lowest BCUT2D eigenvalue weighted by atomic mass is 9.79. The molecule has 1 heterocycles. The summed E-state index contributed by atoms with van der Waals surface area (Å²) in [7, 11) is 0. The third-order valence-electron chi connectivity index (χ3n) is 4.93. The zero-order valence-corrected chi connectivity index (χ0v) is 13.9. The Labute approximate surface area is 128 Å². The summed E-state index contributed by atoms with van der Waals surface area (Å²) in [5.74, 6) is -0.423. The molecule has 0 aromatic carbocycles. The molecule has 1 amide bonds. The van der Waals surface area contributed by atoms with E-state index < -0.39 is 11.3 Å². The van der Waals surface area contributed by atoms with Gasteiger partial charge in [0.25, 0.3) is 0 Å². The molecule has 3 unspecified atom stereocenters. The first kappa shape index (κ1) is 16.3. The normalized spacial score (nSPS) is 27.1. The Morgan fingerprint density at radius 3 is 2.48 bits per heavy atom. The van der Waals surface area contributed by atoms with Gasteiger partial charge in [0.2, 0.25) is 5.91 Å². The first-order valence-corrected chi connectivity index (χ1v) is 8.33. The Hall–Kier alpha value is -1.06. The van der Waals surface area contributed by atoms with Crippen molar-refractivity contribution in [2.75, 3.05) is 13.2 Å². The summed E-state index contributed by atoms with van der Waals surface area (Å²) < 4.78 is 5.16. The van der Waals surface area contributed by atoms with Crippen LogP contribution in [-0.4, -0.2) is 36.0 Å². The van der Waals surface area contributed by atoms with Crippen molar-refractivity contribution in [1.29, 1.82) is 0 Å². The second kappa shape index (κ2) is 6.37. The topological polar surface area (TPSA) is 46.6 Å². The van der Waals surface area contributed by atoms with Gasteiger partial charge in [0.1, 0.15) is 5.92 Å². The van der Waals surface area contributed by atoms with E-state index in [-0.39, 0.29) is 11.9 Å². The molecule has 1 saturated carbocycles. The van der Waals surface area contributed by atoms with Crippen molar-refractivity contribution in [1.82, 2.24) is 4.90 Å². The van der Waals surface area contributed by atoms with Crippen LogP contribution in [0.1, 0.15) is 59.8 Å². The Balaban J connectivity index is 2.16. The van der Waals surface area contributed by atoms with Gasteiger partial charge in [-0.1, -0.05) is 33.6 Å². The van der Waals surface area contributed by atoms with Crippen molar-refractivity contribution in [3.63, 3.8) is 0 Å². The lowest BCUT2D eigenvalue weighted by Gasteiger charge is -2.36. The molecule has 2 rings (SSSR count). The fourth-order valence-electron chi connectivity index (χ4n) is 3.90. The van der Waals surface area contributed by atoms with Crippen LogP contribution in [0, 0.1) is 17.3 Å². The molecule has 0 spiro atoms. The molecule has 1 saturated heterocycles. The van der Waals surface area contributed by atoms with E-state index in [9.17, 15) is 9.59 Å². The van der Waals surface area contributed by atoms with Crippen molar-refractivity contribution in [2.24, 2.45) is 17.3 Å². The van der Waals surface area contributed by atoms with Gasteiger partial charge >= 0.3 is 5.97 Å².